The molecule has 0 fully saturated rings. The fraction of sp³-hybridized carbons (Fsp3) is 0.308. The van der Waals surface area contributed by atoms with Crippen LogP contribution in [0.1, 0.15) is 22.2 Å². The summed E-state index contributed by atoms with van der Waals surface area (Å²) in [4.78, 5) is 22.6. The van der Waals surface area contributed by atoms with Crippen LogP contribution in [0.5, 0.6) is 0 Å². The third kappa shape index (κ3) is 3.24. The predicted molar refractivity (Wildman–Crippen MR) is 80.9 cm³/mol. The molecular weight excluding hydrogens is 274 g/mol. The number of nitrogens with one attached hydrogen (secondary N) is 1. The van der Waals surface area contributed by atoms with Crippen molar-refractivity contribution in [3.05, 3.63) is 35.0 Å². The maximum atomic E-state index is 12.1. The van der Waals surface area contributed by atoms with E-state index in [0.717, 1.165) is 17.2 Å². The van der Waals surface area contributed by atoms with Gasteiger partial charge >= 0.3 is 0 Å². The standard InChI is InChI=1S/C13H17N5OS/c1-3-18(2)13-17-11(14)10(20-13)12(19)16-8-9-4-6-15-7-5-9/h4-7H,3,8,14H2,1-2H3,(H,16,19). The number of rotatable bonds is 5. The number of amides is 1. The minimum Gasteiger partial charge on any atom is -0.382 e. The lowest BCUT2D eigenvalue weighted by molar-refractivity contribution is 0.0955. The van der Waals surface area contributed by atoms with Gasteiger partial charge in [-0.15, -0.1) is 0 Å². The molecule has 0 aliphatic heterocycles. The van der Waals surface area contributed by atoms with Gasteiger partial charge in [-0.05, 0) is 24.6 Å². The first-order valence-corrected chi connectivity index (χ1v) is 7.08. The van der Waals surface area contributed by atoms with Crippen molar-refractivity contribution < 1.29 is 4.79 Å². The summed E-state index contributed by atoms with van der Waals surface area (Å²) in [7, 11) is 1.91. The largest absolute Gasteiger partial charge is 0.382 e. The van der Waals surface area contributed by atoms with E-state index in [9.17, 15) is 4.79 Å². The summed E-state index contributed by atoms with van der Waals surface area (Å²) in [5.41, 5.74) is 6.79. The van der Waals surface area contributed by atoms with Gasteiger partial charge in [-0.1, -0.05) is 11.3 Å². The SMILES string of the molecule is CCN(C)c1nc(N)c(C(=O)NCc2ccncc2)s1. The van der Waals surface area contributed by atoms with Crippen LogP contribution >= 0.6 is 11.3 Å². The molecule has 1 amide bonds. The molecule has 0 aliphatic rings. The maximum Gasteiger partial charge on any atom is 0.265 e. The van der Waals surface area contributed by atoms with Crippen molar-refractivity contribution in [2.75, 3.05) is 24.2 Å². The third-order valence-corrected chi connectivity index (χ3v) is 4.04. The Labute approximate surface area is 121 Å². The Bertz CT molecular complexity index is 584. The Balaban J connectivity index is 2.04. The molecule has 2 aromatic heterocycles. The van der Waals surface area contributed by atoms with Crippen LogP contribution in [0.3, 0.4) is 0 Å². The van der Waals surface area contributed by atoms with Crippen LogP contribution in [-0.4, -0.2) is 29.5 Å². The van der Waals surface area contributed by atoms with E-state index in [-0.39, 0.29) is 11.7 Å². The number of carbonyl (C=O) groups is 1. The highest BCUT2D eigenvalue weighted by molar-refractivity contribution is 7.18. The van der Waals surface area contributed by atoms with Gasteiger partial charge in [0.1, 0.15) is 10.7 Å². The fourth-order valence-corrected chi connectivity index (χ4v) is 2.47. The van der Waals surface area contributed by atoms with Crippen LogP contribution in [0.25, 0.3) is 0 Å². The van der Waals surface area contributed by atoms with E-state index in [0.29, 0.717) is 11.4 Å². The molecule has 2 heterocycles. The molecule has 0 spiro atoms. The van der Waals surface area contributed by atoms with Crippen LogP contribution < -0.4 is 16.0 Å². The molecule has 0 atom stereocenters. The first-order valence-electron chi connectivity index (χ1n) is 6.26. The van der Waals surface area contributed by atoms with Crippen LogP contribution in [0.15, 0.2) is 24.5 Å². The summed E-state index contributed by atoms with van der Waals surface area (Å²) >= 11 is 1.30. The van der Waals surface area contributed by atoms with Crippen molar-refractivity contribution in [2.45, 2.75) is 13.5 Å². The normalized spacial score (nSPS) is 10.3. The summed E-state index contributed by atoms with van der Waals surface area (Å²) in [6, 6.07) is 3.71. The average Bonchev–Trinajstić information content (AvgIpc) is 2.87. The number of nitrogens with zero attached hydrogens (tertiary/aromatic N) is 3. The average molecular weight is 291 g/mol. The number of nitrogen functional groups attached to an aromatic ring is 1. The van der Waals surface area contributed by atoms with Gasteiger partial charge in [0.15, 0.2) is 5.13 Å². The molecular formula is C13H17N5OS. The van der Waals surface area contributed by atoms with Crippen LogP contribution in [-0.2, 0) is 6.54 Å². The monoisotopic (exact) mass is 291 g/mol. The van der Waals surface area contributed by atoms with Gasteiger partial charge in [-0.25, -0.2) is 4.98 Å². The fourth-order valence-electron chi connectivity index (χ4n) is 1.54. The Hall–Kier alpha value is -2.15. The second-order valence-corrected chi connectivity index (χ2v) is 5.24. The minimum atomic E-state index is -0.201. The molecule has 0 aromatic carbocycles. The molecule has 0 saturated carbocycles. The third-order valence-electron chi connectivity index (χ3n) is 2.85. The number of thiazole rings is 1. The number of hydrogen-bond acceptors (Lipinski definition) is 6. The predicted octanol–water partition coefficient (Wildman–Crippen LogP) is 1.51. The van der Waals surface area contributed by atoms with Crippen molar-refractivity contribution in [3.8, 4) is 0 Å². The summed E-state index contributed by atoms with van der Waals surface area (Å²) < 4.78 is 0. The lowest BCUT2D eigenvalue weighted by atomic mass is 10.3. The molecule has 7 heteroatoms. The number of nitrogens with two attached hydrogens (primary N) is 1. The summed E-state index contributed by atoms with van der Waals surface area (Å²) in [6.07, 6.45) is 3.38. The zero-order valence-corrected chi connectivity index (χ0v) is 12.3. The van der Waals surface area contributed by atoms with Gasteiger partial charge < -0.3 is 16.0 Å². The number of pyridine rings is 1. The van der Waals surface area contributed by atoms with Gasteiger partial charge in [-0.3, -0.25) is 9.78 Å². The highest BCUT2D eigenvalue weighted by Gasteiger charge is 2.17. The van der Waals surface area contributed by atoms with E-state index < -0.39 is 0 Å². The lowest BCUT2D eigenvalue weighted by Gasteiger charge is -2.10. The molecule has 2 rings (SSSR count). The molecule has 106 valence electrons. The number of hydrogen-bond donors (Lipinski definition) is 2. The molecule has 0 aliphatic carbocycles. The Morgan fingerprint density at radius 3 is 2.80 bits per heavy atom. The topological polar surface area (TPSA) is 84.1 Å². The molecule has 0 unspecified atom stereocenters. The van der Waals surface area contributed by atoms with Crippen LogP contribution in [0.2, 0.25) is 0 Å². The Morgan fingerprint density at radius 2 is 2.15 bits per heavy atom. The molecule has 2 aromatic rings. The summed E-state index contributed by atoms with van der Waals surface area (Å²) in [5.74, 6) is 0.0742. The van der Waals surface area contributed by atoms with Gasteiger partial charge in [0, 0.05) is 32.5 Å². The second kappa shape index (κ2) is 6.33. The Morgan fingerprint density at radius 1 is 1.45 bits per heavy atom. The van der Waals surface area contributed by atoms with Crippen LogP contribution in [0, 0.1) is 0 Å². The van der Waals surface area contributed by atoms with Crippen LogP contribution in [0.4, 0.5) is 10.9 Å². The van der Waals surface area contributed by atoms with Crippen molar-refractivity contribution >= 4 is 28.2 Å². The van der Waals surface area contributed by atoms with E-state index in [2.05, 4.69) is 15.3 Å². The first-order chi connectivity index (χ1) is 9.61. The molecule has 6 nitrogen and oxygen atoms in total. The molecule has 20 heavy (non-hydrogen) atoms. The Kier molecular flexibility index (Phi) is 4.52. The molecule has 0 saturated heterocycles. The smallest absolute Gasteiger partial charge is 0.265 e. The zero-order valence-electron chi connectivity index (χ0n) is 11.5. The van der Waals surface area contributed by atoms with Gasteiger partial charge in [0.05, 0.1) is 0 Å². The highest BCUT2D eigenvalue weighted by Crippen LogP contribution is 2.27. The quantitative estimate of drug-likeness (QED) is 0.872. The van der Waals surface area contributed by atoms with Gasteiger partial charge in [-0.2, -0.15) is 0 Å². The molecule has 0 radical (unpaired) electrons. The van der Waals surface area contributed by atoms with Gasteiger partial charge in [0.2, 0.25) is 0 Å². The van der Waals surface area contributed by atoms with Crippen molar-refractivity contribution in [1.82, 2.24) is 15.3 Å². The molecule has 0 bridgehead atoms. The maximum absolute atomic E-state index is 12.1. The summed E-state index contributed by atoms with van der Waals surface area (Å²) in [6.45, 7) is 3.27. The van der Waals surface area contributed by atoms with Crippen molar-refractivity contribution in [3.63, 3.8) is 0 Å². The summed E-state index contributed by atoms with van der Waals surface area (Å²) in [5, 5.41) is 3.58. The highest BCUT2D eigenvalue weighted by atomic mass is 32.1. The van der Waals surface area contributed by atoms with Crippen molar-refractivity contribution in [1.29, 1.82) is 0 Å². The van der Waals surface area contributed by atoms with Gasteiger partial charge in [0.25, 0.3) is 5.91 Å². The molecule has 3 N–H and O–H groups in total. The lowest BCUT2D eigenvalue weighted by Crippen LogP contribution is -2.22. The minimum absolute atomic E-state index is 0.201. The number of anilines is 2. The van der Waals surface area contributed by atoms with E-state index in [1.165, 1.54) is 11.3 Å². The number of carbonyl (C=O) groups excluding carboxylic acids is 1. The second-order valence-electron chi connectivity index (χ2n) is 4.26. The van der Waals surface area contributed by atoms with Crippen molar-refractivity contribution in [2.24, 2.45) is 0 Å². The van der Waals surface area contributed by atoms with E-state index in [4.69, 9.17) is 5.73 Å². The van der Waals surface area contributed by atoms with E-state index >= 15 is 0 Å². The van der Waals surface area contributed by atoms with E-state index in [1.54, 1.807) is 12.4 Å². The van der Waals surface area contributed by atoms with E-state index in [1.807, 2.05) is 31.0 Å². The first kappa shape index (κ1) is 14.3. The number of aromatic nitrogens is 2. The zero-order chi connectivity index (χ0) is 14.5.